The van der Waals surface area contributed by atoms with E-state index in [0.29, 0.717) is 12.5 Å². The van der Waals surface area contributed by atoms with E-state index in [1.165, 1.54) is 0 Å². The lowest BCUT2D eigenvalue weighted by atomic mass is 10.0. The van der Waals surface area contributed by atoms with Gasteiger partial charge in [0.1, 0.15) is 0 Å². The van der Waals surface area contributed by atoms with E-state index < -0.39 is 0 Å². The van der Waals surface area contributed by atoms with Gasteiger partial charge in [0.05, 0.1) is 0 Å². The molecule has 0 spiro atoms. The van der Waals surface area contributed by atoms with Crippen molar-refractivity contribution in [3.05, 3.63) is 72.9 Å². The molecule has 0 aromatic carbocycles. The summed E-state index contributed by atoms with van der Waals surface area (Å²) in [4.78, 5) is 0. The third-order valence-corrected chi connectivity index (χ3v) is 3.90. The average molecular weight is 343 g/mol. The van der Waals surface area contributed by atoms with Crippen LogP contribution >= 0.6 is 0 Å². The molecule has 1 atom stereocenters. The van der Waals surface area contributed by atoms with Gasteiger partial charge in [0.15, 0.2) is 0 Å². The van der Waals surface area contributed by atoms with Crippen LogP contribution in [0.15, 0.2) is 72.9 Å². The molecular weight excluding hydrogens is 304 g/mol. The first-order valence-electron chi connectivity index (χ1n) is 9.85. The second kappa shape index (κ2) is 20.4. The van der Waals surface area contributed by atoms with Crippen molar-refractivity contribution < 1.29 is 5.11 Å². The zero-order valence-electron chi connectivity index (χ0n) is 16.3. The maximum atomic E-state index is 9.10. The van der Waals surface area contributed by atoms with Crippen molar-refractivity contribution in [3.8, 4) is 0 Å². The van der Waals surface area contributed by atoms with E-state index in [-0.39, 0.29) is 0 Å². The minimum atomic E-state index is 0.294. The van der Waals surface area contributed by atoms with Crippen LogP contribution < -0.4 is 0 Å². The molecule has 0 aliphatic heterocycles. The first kappa shape index (κ1) is 23.4. The monoisotopic (exact) mass is 342 g/mol. The van der Waals surface area contributed by atoms with Crippen LogP contribution in [0.1, 0.15) is 65.2 Å². The van der Waals surface area contributed by atoms with Gasteiger partial charge in [-0.1, -0.05) is 93.2 Å². The van der Waals surface area contributed by atoms with Gasteiger partial charge in [-0.2, -0.15) is 0 Å². The number of hydrogen-bond donors (Lipinski definition) is 1. The first-order valence-corrected chi connectivity index (χ1v) is 9.85. The van der Waals surface area contributed by atoms with Gasteiger partial charge in [-0.15, -0.1) is 0 Å². The first-order chi connectivity index (χ1) is 12.3. The molecular formula is C24H38O. The molecule has 1 unspecified atom stereocenters. The van der Waals surface area contributed by atoms with Gasteiger partial charge < -0.3 is 5.11 Å². The second-order valence-corrected chi connectivity index (χ2v) is 6.11. The Morgan fingerprint density at radius 1 is 0.560 bits per heavy atom. The normalized spacial score (nSPS) is 14.5. The molecule has 25 heavy (non-hydrogen) atoms. The molecule has 1 N–H and O–H groups in total. The summed E-state index contributed by atoms with van der Waals surface area (Å²) in [6, 6.07) is 0. The van der Waals surface area contributed by atoms with Crippen LogP contribution in [0.25, 0.3) is 0 Å². The van der Waals surface area contributed by atoms with E-state index in [2.05, 4.69) is 86.8 Å². The molecule has 0 saturated carbocycles. The van der Waals surface area contributed by atoms with Gasteiger partial charge in [-0.05, 0) is 50.9 Å². The van der Waals surface area contributed by atoms with Crippen LogP contribution in [0.2, 0.25) is 0 Å². The van der Waals surface area contributed by atoms with Gasteiger partial charge in [0, 0.05) is 6.61 Å². The van der Waals surface area contributed by atoms with E-state index in [1.54, 1.807) is 0 Å². The van der Waals surface area contributed by atoms with Crippen molar-refractivity contribution in [2.75, 3.05) is 6.61 Å². The van der Waals surface area contributed by atoms with Crippen molar-refractivity contribution in [3.63, 3.8) is 0 Å². The minimum Gasteiger partial charge on any atom is -0.396 e. The Balaban J connectivity index is 3.57. The average Bonchev–Trinajstić information content (AvgIpc) is 2.64. The van der Waals surface area contributed by atoms with Crippen LogP contribution in [0.5, 0.6) is 0 Å². The molecule has 0 saturated heterocycles. The third kappa shape index (κ3) is 18.6. The van der Waals surface area contributed by atoms with Gasteiger partial charge in [0.25, 0.3) is 0 Å². The standard InChI is InChI=1S/C24H38O/c1-3-5-6-7-8-9-10-11-12-13-14-15-16-17-18-19-20-21-22-24(4-2)23-25/h5-6,8-9,11-12,14-15,17-18,20-21,24-25H,3-4,7,10,13,16,19,22-23H2,1-2H3/b6-5+,9-8+,12-11+,15-14+,18-17+,21-20+. The van der Waals surface area contributed by atoms with Crippen LogP contribution in [0.3, 0.4) is 0 Å². The molecule has 140 valence electrons. The van der Waals surface area contributed by atoms with Crippen LogP contribution in [0, 0.1) is 5.92 Å². The van der Waals surface area contributed by atoms with Crippen LogP contribution in [-0.4, -0.2) is 11.7 Å². The van der Waals surface area contributed by atoms with Crippen LogP contribution in [-0.2, 0) is 0 Å². The molecule has 0 aromatic rings. The fourth-order valence-corrected chi connectivity index (χ4v) is 2.18. The highest BCUT2D eigenvalue weighted by molar-refractivity contribution is 5.01. The molecule has 0 radical (unpaired) electrons. The van der Waals surface area contributed by atoms with Crippen molar-refractivity contribution in [1.82, 2.24) is 0 Å². The lowest BCUT2D eigenvalue weighted by Gasteiger charge is -2.06. The minimum absolute atomic E-state index is 0.294. The molecule has 1 heteroatoms. The Bertz CT molecular complexity index is 431. The second-order valence-electron chi connectivity index (χ2n) is 6.11. The zero-order chi connectivity index (χ0) is 18.4. The number of aliphatic hydroxyl groups excluding tert-OH is 1. The molecule has 0 aromatic heterocycles. The highest BCUT2D eigenvalue weighted by Crippen LogP contribution is 2.07. The molecule has 1 nitrogen and oxygen atoms in total. The van der Waals surface area contributed by atoms with Gasteiger partial charge in [0.2, 0.25) is 0 Å². The summed E-state index contributed by atoms with van der Waals surface area (Å²) in [7, 11) is 0. The fraction of sp³-hybridized carbons (Fsp3) is 0.500. The SMILES string of the molecule is CC/C=C/C/C=C/C/C=C/C/C=C/C/C=C/C/C=C/CC(CC)CO. The topological polar surface area (TPSA) is 20.2 Å². The molecule has 0 aliphatic carbocycles. The summed E-state index contributed by atoms with van der Waals surface area (Å²) in [6.45, 7) is 4.58. The van der Waals surface area contributed by atoms with E-state index in [4.69, 9.17) is 5.11 Å². The number of aliphatic hydroxyl groups is 1. The van der Waals surface area contributed by atoms with E-state index in [0.717, 1.165) is 51.4 Å². The lowest BCUT2D eigenvalue weighted by molar-refractivity contribution is 0.224. The molecule has 0 heterocycles. The van der Waals surface area contributed by atoms with E-state index in [1.807, 2.05) is 0 Å². The molecule has 0 amide bonds. The predicted molar refractivity (Wildman–Crippen MR) is 114 cm³/mol. The molecule has 0 rings (SSSR count). The summed E-state index contributed by atoms with van der Waals surface area (Å²) >= 11 is 0. The van der Waals surface area contributed by atoms with Crippen molar-refractivity contribution >= 4 is 0 Å². The molecule has 0 fully saturated rings. The summed E-state index contributed by atoms with van der Waals surface area (Å²) in [5.74, 6) is 0.421. The molecule has 0 aliphatic rings. The smallest absolute Gasteiger partial charge is 0.0462 e. The Morgan fingerprint density at radius 3 is 1.24 bits per heavy atom. The summed E-state index contributed by atoms with van der Waals surface area (Å²) in [5, 5.41) is 9.10. The fourth-order valence-electron chi connectivity index (χ4n) is 2.18. The maximum absolute atomic E-state index is 9.10. The number of hydrogen-bond acceptors (Lipinski definition) is 1. The van der Waals surface area contributed by atoms with Crippen LogP contribution in [0.4, 0.5) is 0 Å². The van der Waals surface area contributed by atoms with Crippen molar-refractivity contribution in [1.29, 1.82) is 0 Å². The Kier molecular flexibility index (Phi) is 19.1. The zero-order valence-corrected chi connectivity index (χ0v) is 16.3. The van der Waals surface area contributed by atoms with E-state index in [9.17, 15) is 0 Å². The number of rotatable bonds is 15. The highest BCUT2D eigenvalue weighted by atomic mass is 16.3. The highest BCUT2D eigenvalue weighted by Gasteiger charge is 1.99. The van der Waals surface area contributed by atoms with E-state index >= 15 is 0 Å². The Hall–Kier alpha value is -1.60. The lowest BCUT2D eigenvalue weighted by Crippen LogP contribution is -2.02. The van der Waals surface area contributed by atoms with Crippen molar-refractivity contribution in [2.24, 2.45) is 5.92 Å². The number of allylic oxidation sites excluding steroid dienone is 12. The third-order valence-electron chi connectivity index (χ3n) is 3.90. The quantitative estimate of drug-likeness (QED) is 0.315. The Labute approximate surface area is 156 Å². The molecule has 0 bridgehead atoms. The predicted octanol–water partition coefficient (Wildman–Crippen LogP) is 7.09. The van der Waals surface area contributed by atoms with Gasteiger partial charge in [-0.25, -0.2) is 0 Å². The summed E-state index contributed by atoms with van der Waals surface area (Å²) in [5.41, 5.74) is 0. The Morgan fingerprint density at radius 2 is 0.920 bits per heavy atom. The van der Waals surface area contributed by atoms with Gasteiger partial charge in [-0.3, -0.25) is 0 Å². The van der Waals surface area contributed by atoms with Gasteiger partial charge >= 0.3 is 0 Å². The largest absolute Gasteiger partial charge is 0.396 e. The maximum Gasteiger partial charge on any atom is 0.0462 e. The van der Waals surface area contributed by atoms with Crippen molar-refractivity contribution in [2.45, 2.75) is 65.2 Å². The summed E-state index contributed by atoms with van der Waals surface area (Å²) < 4.78 is 0. The summed E-state index contributed by atoms with van der Waals surface area (Å²) in [6.07, 6.45) is 34.7.